The zero-order valence-corrected chi connectivity index (χ0v) is 6.54. The molecule has 0 fully saturated rings. The topological polar surface area (TPSA) is 52.0 Å². The number of aromatic nitrogens is 1. The van der Waals surface area contributed by atoms with E-state index in [-0.39, 0.29) is 0 Å². The summed E-state index contributed by atoms with van der Waals surface area (Å²) in [4.78, 5) is 3.18. The van der Waals surface area contributed by atoms with Crippen LogP contribution in [0.2, 0.25) is 0 Å². The van der Waals surface area contributed by atoms with E-state index in [1.165, 1.54) is 5.39 Å². The second-order valence-electron chi connectivity index (χ2n) is 2.70. The minimum absolute atomic E-state index is 0.439. The third-order valence-corrected chi connectivity index (χ3v) is 1.84. The first-order valence-corrected chi connectivity index (χ1v) is 3.80. The van der Waals surface area contributed by atoms with Gasteiger partial charge in [0.2, 0.25) is 0 Å². The summed E-state index contributed by atoms with van der Waals surface area (Å²) >= 11 is 0. The van der Waals surface area contributed by atoms with Gasteiger partial charge in [0, 0.05) is 11.2 Å². The Hall–Kier alpha value is -1.64. The van der Waals surface area contributed by atoms with Crippen molar-refractivity contribution in [3.8, 4) is 0 Å². The molecule has 0 bridgehead atoms. The lowest BCUT2D eigenvalue weighted by Gasteiger charge is -1.85. The first-order valence-electron chi connectivity index (χ1n) is 3.80. The normalized spacial score (nSPS) is 10.3. The first kappa shape index (κ1) is 7.03. The third-order valence-electron chi connectivity index (χ3n) is 1.84. The molecule has 2 rings (SSSR count). The summed E-state index contributed by atoms with van der Waals surface area (Å²) in [6.07, 6.45) is 0. The fraction of sp³-hybridized carbons (Fsp3) is 0.111. The van der Waals surface area contributed by atoms with Gasteiger partial charge in [-0.3, -0.25) is 0 Å². The Morgan fingerprint density at radius 3 is 2.92 bits per heavy atom. The molecule has 3 heteroatoms. The van der Waals surface area contributed by atoms with Gasteiger partial charge in [-0.1, -0.05) is 18.2 Å². The second kappa shape index (κ2) is 2.77. The zero-order valence-electron chi connectivity index (χ0n) is 6.54. The first-order chi connectivity index (χ1) is 5.90. The van der Waals surface area contributed by atoms with E-state index < -0.39 is 0 Å². The van der Waals surface area contributed by atoms with Crippen molar-refractivity contribution in [3.05, 3.63) is 36.0 Å². The molecule has 0 saturated heterocycles. The van der Waals surface area contributed by atoms with Gasteiger partial charge >= 0.3 is 0 Å². The average Bonchev–Trinajstić information content (AvgIpc) is 2.47. The van der Waals surface area contributed by atoms with E-state index in [1.54, 1.807) is 0 Å². The monoisotopic (exact) mass is 159 g/mol. The molecule has 0 aliphatic carbocycles. The summed E-state index contributed by atoms with van der Waals surface area (Å²) in [5.41, 5.74) is 8.82. The van der Waals surface area contributed by atoms with Crippen LogP contribution >= 0.6 is 0 Å². The lowest BCUT2D eigenvalue weighted by molar-refractivity contribution is 0.886. The van der Waals surface area contributed by atoms with Crippen LogP contribution in [0.5, 0.6) is 0 Å². The standard InChI is InChI=1S/C9H9N3/c10-11-6-8-5-7-3-1-2-4-9(7)12-8/h1-5,10,12H,6H2. The SMILES string of the molecule is N=NCc1cc2ccccc2[nH]1. The maximum Gasteiger partial charge on any atom is 0.0996 e. The van der Waals surface area contributed by atoms with Crippen LogP contribution in [0.25, 0.3) is 10.9 Å². The summed E-state index contributed by atoms with van der Waals surface area (Å²) < 4.78 is 0. The number of hydrogen-bond acceptors (Lipinski definition) is 2. The van der Waals surface area contributed by atoms with Crippen LogP contribution in [0.15, 0.2) is 35.4 Å². The number of fused-ring (bicyclic) bond motifs is 1. The van der Waals surface area contributed by atoms with Gasteiger partial charge in [-0.25, -0.2) is 5.53 Å². The number of nitrogens with one attached hydrogen (secondary N) is 2. The number of rotatable bonds is 2. The van der Waals surface area contributed by atoms with Crippen molar-refractivity contribution in [1.29, 1.82) is 5.53 Å². The van der Waals surface area contributed by atoms with Crippen molar-refractivity contribution in [2.45, 2.75) is 6.54 Å². The Morgan fingerprint density at radius 1 is 1.33 bits per heavy atom. The molecule has 1 aromatic heterocycles. The Labute approximate surface area is 69.9 Å². The highest BCUT2D eigenvalue weighted by atomic mass is 15.0. The molecule has 12 heavy (non-hydrogen) atoms. The van der Waals surface area contributed by atoms with Gasteiger partial charge < -0.3 is 4.98 Å². The van der Waals surface area contributed by atoms with Crippen molar-refractivity contribution < 1.29 is 0 Å². The molecular weight excluding hydrogens is 150 g/mol. The summed E-state index contributed by atoms with van der Waals surface area (Å²) in [6.45, 7) is 0.439. The van der Waals surface area contributed by atoms with Crippen LogP contribution in [0, 0.1) is 5.53 Å². The quantitative estimate of drug-likeness (QED) is 0.633. The van der Waals surface area contributed by atoms with E-state index in [9.17, 15) is 0 Å². The van der Waals surface area contributed by atoms with Gasteiger partial charge in [0.25, 0.3) is 0 Å². The fourth-order valence-corrected chi connectivity index (χ4v) is 1.30. The minimum atomic E-state index is 0.439. The van der Waals surface area contributed by atoms with Gasteiger partial charge in [-0.05, 0) is 17.5 Å². The smallest absolute Gasteiger partial charge is 0.0996 e. The fourth-order valence-electron chi connectivity index (χ4n) is 1.30. The number of benzene rings is 1. The van der Waals surface area contributed by atoms with E-state index in [0.717, 1.165) is 11.2 Å². The van der Waals surface area contributed by atoms with Crippen molar-refractivity contribution in [3.63, 3.8) is 0 Å². The van der Waals surface area contributed by atoms with Crippen LogP contribution < -0.4 is 0 Å². The lowest BCUT2D eigenvalue weighted by atomic mass is 10.2. The van der Waals surface area contributed by atoms with Crippen LogP contribution in [-0.4, -0.2) is 4.98 Å². The van der Waals surface area contributed by atoms with Crippen LogP contribution in [0.3, 0.4) is 0 Å². The van der Waals surface area contributed by atoms with E-state index in [4.69, 9.17) is 5.53 Å². The maximum absolute atomic E-state index is 6.72. The molecular formula is C9H9N3. The molecule has 0 aliphatic heterocycles. The molecule has 0 unspecified atom stereocenters. The minimum Gasteiger partial charge on any atom is -0.357 e. The molecule has 3 nitrogen and oxygen atoms in total. The molecule has 0 saturated carbocycles. The Kier molecular flexibility index (Phi) is 1.63. The molecule has 60 valence electrons. The predicted molar refractivity (Wildman–Crippen MR) is 47.2 cm³/mol. The van der Waals surface area contributed by atoms with Gasteiger partial charge in [0.05, 0.1) is 6.54 Å². The highest BCUT2D eigenvalue weighted by molar-refractivity contribution is 5.80. The molecule has 0 atom stereocenters. The summed E-state index contributed by atoms with van der Waals surface area (Å²) in [7, 11) is 0. The number of para-hydroxylation sites is 1. The van der Waals surface area contributed by atoms with Crippen LogP contribution in [-0.2, 0) is 6.54 Å². The second-order valence-corrected chi connectivity index (χ2v) is 2.70. The van der Waals surface area contributed by atoms with Crippen LogP contribution in [0.4, 0.5) is 0 Å². The molecule has 0 aliphatic rings. The highest BCUT2D eigenvalue weighted by Crippen LogP contribution is 2.14. The molecule has 2 N–H and O–H groups in total. The number of hydrogen-bond donors (Lipinski definition) is 2. The third kappa shape index (κ3) is 1.09. The van der Waals surface area contributed by atoms with Crippen molar-refractivity contribution in [1.82, 2.24) is 4.98 Å². The van der Waals surface area contributed by atoms with E-state index >= 15 is 0 Å². The number of aromatic amines is 1. The zero-order chi connectivity index (χ0) is 8.39. The Balaban J connectivity index is 2.54. The number of nitrogens with zero attached hydrogens (tertiary/aromatic N) is 1. The van der Waals surface area contributed by atoms with Crippen molar-refractivity contribution in [2.24, 2.45) is 5.11 Å². The Morgan fingerprint density at radius 2 is 2.17 bits per heavy atom. The van der Waals surface area contributed by atoms with Crippen molar-refractivity contribution in [2.75, 3.05) is 0 Å². The molecule has 1 aromatic carbocycles. The van der Waals surface area contributed by atoms with Gasteiger partial charge in [-0.2, -0.15) is 5.11 Å². The molecule has 0 radical (unpaired) electrons. The van der Waals surface area contributed by atoms with E-state index in [2.05, 4.69) is 10.1 Å². The average molecular weight is 159 g/mol. The lowest BCUT2D eigenvalue weighted by Crippen LogP contribution is -1.76. The maximum atomic E-state index is 6.72. The van der Waals surface area contributed by atoms with Gasteiger partial charge in [-0.15, -0.1) is 0 Å². The predicted octanol–water partition coefficient (Wildman–Crippen LogP) is 2.70. The largest absolute Gasteiger partial charge is 0.357 e. The van der Waals surface area contributed by atoms with Crippen molar-refractivity contribution >= 4 is 10.9 Å². The summed E-state index contributed by atoms with van der Waals surface area (Å²) in [6, 6.07) is 10.1. The summed E-state index contributed by atoms with van der Waals surface area (Å²) in [5, 5.41) is 4.50. The number of H-pyrrole nitrogens is 1. The van der Waals surface area contributed by atoms with Gasteiger partial charge in [0.15, 0.2) is 0 Å². The van der Waals surface area contributed by atoms with E-state index in [1.807, 2.05) is 30.3 Å². The molecule has 0 amide bonds. The summed E-state index contributed by atoms with van der Waals surface area (Å²) in [5.74, 6) is 0. The van der Waals surface area contributed by atoms with Gasteiger partial charge in [0.1, 0.15) is 0 Å². The Bertz CT molecular complexity index is 370. The van der Waals surface area contributed by atoms with Crippen LogP contribution in [0.1, 0.15) is 5.69 Å². The highest BCUT2D eigenvalue weighted by Gasteiger charge is 1.97. The van der Waals surface area contributed by atoms with E-state index in [0.29, 0.717) is 6.54 Å². The molecule has 0 spiro atoms. The molecule has 1 heterocycles. The molecule has 2 aromatic rings.